The van der Waals surface area contributed by atoms with Gasteiger partial charge in [0.2, 0.25) is 0 Å². The Kier molecular flexibility index (Phi) is 7.16. The summed E-state index contributed by atoms with van der Waals surface area (Å²) in [4.78, 5) is 16.9. The van der Waals surface area contributed by atoms with E-state index >= 15 is 0 Å². The number of nitrogens with one attached hydrogen (secondary N) is 1. The van der Waals surface area contributed by atoms with Gasteiger partial charge >= 0.3 is 5.97 Å². The first-order valence-electron chi connectivity index (χ1n) is 8.93. The molecule has 0 radical (unpaired) electrons. The van der Waals surface area contributed by atoms with Crippen LogP contribution in [0, 0.1) is 11.8 Å². The maximum atomic E-state index is 13.3. The normalized spacial score (nSPS) is 23.3. The molecular weight excluding hydrogens is 319 g/mol. The average Bonchev–Trinajstić information content (AvgIpc) is 2.58. The van der Waals surface area contributed by atoms with E-state index in [9.17, 15) is 9.18 Å². The molecule has 0 aromatic heterocycles. The van der Waals surface area contributed by atoms with Crippen LogP contribution in [0.25, 0.3) is 0 Å². The number of halogens is 1. The predicted molar refractivity (Wildman–Crippen MR) is 98.7 cm³/mol. The highest BCUT2D eigenvalue weighted by molar-refractivity contribution is 5.89. The summed E-state index contributed by atoms with van der Waals surface area (Å²) in [6.45, 7) is 6.45. The highest BCUT2D eigenvalue weighted by atomic mass is 19.1. The molecule has 136 valence electrons. The number of aliphatic imine (C=N–C) groups is 1. The quantitative estimate of drug-likeness (QED) is 0.554. The second-order valence-electron chi connectivity index (χ2n) is 6.61. The maximum Gasteiger partial charge on any atom is 0.334 e. The Morgan fingerprint density at radius 2 is 2.28 bits per heavy atom. The van der Waals surface area contributed by atoms with E-state index in [4.69, 9.17) is 4.74 Å². The van der Waals surface area contributed by atoms with Gasteiger partial charge in [-0.2, -0.15) is 0 Å². The van der Waals surface area contributed by atoms with Gasteiger partial charge in [0.25, 0.3) is 0 Å². The molecule has 2 rings (SSSR count). The fourth-order valence-electron chi connectivity index (χ4n) is 2.76. The van der Waals surface area contributed by atoms with Gasteiger partial charge in [-0.15, -0.1) is 0 Å². The molecular formula is C20H27FN2O2. The van der Waals surface area contributed by atoms with Crippen LogP contribution in [0.15, 0.2) is 52.6 Å². The molecule has 1 heterocycles. The highest BCUT2D eigenvalue weighted by Crippen LogP contribution is 2.28. The lowest BCUT2D eigenvalue weighted by atomic mass is 9.88. The molecule has 0 bridgehead atoms. The third-order valence-electron chi connectivity index (χ3n) is 3.94. The van der Waals surface area contributed by atoms with Crippen molar-refractivity contribution in [2.24, 2.45) is 16.8 Å². The van der Waals surface area contributed by atoms with Crippen molar-refractivity contribution in [3.8, 4) is 0 Å². The van der Waals surface area contributed by atoms with E-state index < -0.39 is 0 Å². The third kappa shape index (κ3) is 6.00. The van der Waals surface area contributed by atoms with Crippen LogP contribution in [0.4, 0.5) is 4.39 Å². The molecule has 1 N–H and O–H groups in total. The Labute approximate surface area is 149 Å². The predicted octanol–water partition coefficient (Wildman–Crippen LogP) is 4.23. The molecule has 2 atom stereocenters. The third-order valence-corrected chi connectivity index (χ3v) is 3.94. The molecule has 0 spiro atoms. The summed E-state index contributed by atoms with van der Waals surface area (Å²) in [6, 6.07) is 0.287. The van der Waals surface area contributed by atoms with E-state index in [1.807, 2.05) is 25.3 Å². The molecule has 0 amide bonds. The second-order valence-corrected chi connectivity index (χ2v) is 6.61. The van der Waals surface area contributed by atoms with Gasteiger partial charge < -0.3 is 10.1 Å². The van der Waals surface area contributed by atoms with Crippen molar-refractivity contribution < 1.29 is 13.9 Å². The fraction of sp³-hybridized carbons (Fsp3) is 0.500. The Morgan fingerprint density at radius 3 is 2.92 bits per heavy atom. The smallest absolute Gasteiger partial charge is 0.334 e. The van der Waals surface area contributed by atoms with Gasteiger partial charge in [-0.25, -0.2) is 14.2 Å². The van der Waals surface area contributed by atoms with Crippen molar-refractivity contribution in [1.82, 2.24) is 5.32 Å². The monoisotopic (exact) mass is 346 g/mol. The van der Waals surface area contributed by atoms with E-state index in [0.717, 1.165) is 18.7 Å². The van der Waals surface area contributed by atoms with Crippen LogP contribution in [0.3, 0.4) is 0 Å². The van der Waals surface area contributed by atoms with Crippen molar-refractivity contribution in [2.45, 2.75) is 46.1 Å². The van der Waals surface area contributed by atoms with Crippen molar-refractivity contribution in [2.75, 3.05) is 6.61 Å². The minimum atomic E-state index is -0.318. The Balaban J connectivity index is 2.20. The molecule has 1 aliphatic carbocycles. The summed E-state index contributed by atoms with van der Waals surface area (Å²) < 4.78 is 18.6. The molecule has 2 unspecified atom stereocenters. The Hall–Kier alpha value is -2.17. The van der Waals surface area contributed by atoms with Gasteiger partial charge in [-0.3, -0.25) is 0 Å². The van der Waals surface area contributed by atoms with Gasteiger partial charge in [0.15, 0.2) is 0 Å². The largest absolute Gasteiger partial charge is 0.462 e. The van der Waals surface area contributed by atoms with Crippen LogP contribution in [-0.4, -0.2) is 24.8 Å². The van der Waals surface area contributed by atoms with Crippen LogP contribution >= 0.6 is 0 Å². The standard InChI is InChI=1S/C20H27FN2O2/c1-4-11-25-20(24)18(16-5-7-17(21)8-6-16)12-15-9-10-22-19(13-15)23-14(2)3/h5,7-8,10,12-16,23H,4,6,9,11H2,1-3H3/b18-12+. The van der Waals surface area contributed by atoms with E-state index in [-0.39, 0.29) is 29.7 Å². The fourth-order valence-corrected chi connectivity index (χ4v) is 2.76. The first-order valence-corrected chi connectivity index (χ1v) is 8.93. The summed E-state index contributed by atoms with van der Waals surface area (Å²) in [5.41, 5.74) is 0.592. The molecule has 4 nitrogen and oxygen atoms in total. The molecule has 2 aliphatic rings. The zero-order valence-electron chi connectivity index (χ0n) is 15.2. The number of carbonyl (C=O) groups excluding carboxylic acids is 1. The highest BCUT2D eigenvalue weighted by Gasteiger charge is 2.23. The van der Waals surface area contributed by atoms with Gasteiger partial charge in [0.05, 0.1) is 6.61 Å². The van der Waals surface area contributed by atoms with E-state index in [1.165, 1.54) is 12.2 Å². The van der Waals surface area contributed by atoms with E-state index in [2.05, 4.69) is 24.2 Å². The number of ether oxygens (including phenoxy) is 1. The summed E-state index contributed by atoms with van der Waals surface area (Å²) >= 11 is 0. The lowest BCUT2D eigenvalue weighted by molar-refractivity contribution is -0.139. The Bertz CT molecular complexity index is 630. The average molecular weight is 346 g/mol. The van der Waals surface area contributed by atoms with Gasteiger partial charge in [0, 0.05) is 29.7 Å². The molecule has 25 heavy (non-hydrogen) atoms. The lowest BCUT2D eigenvalue weighted by Gasteiger charge is -2.21. The number of carbonyl (C=O) groups is 1. The topological polar surface area (TPSA) is 50.7 Å². The minimum Gasteiger partial charge on any atom is -0.462 e. The lowest BCUT2D eigenvalue weighted by Crippen LogP contribution is -2.23. The first kappa shape index (κ1) is 19.2. The van der Waals surface area contributed by atoms with Crippen LogP contribution in [0.1, 0.15) is 40.0 Å². The number of nitrogens with zero attached hydrogens (tertiary/aromatic N) is 1. The molecule has 0 saturated carbocycles. The molecule has 1 aliphatic heterocycles. The SMILES string of the molecule is CCCOC(=O)/C(=C/C1C=C(NC(C)C)N=CC1)C1C=CC(F)=CC1. The number of allylic oxidation sites excluding steroid dienone is 6. The van der Waals surface area contributed by atoms with Gasteiger partial charge in [-0.05, 0) is 51.3 Å². The number of esters is 1. The van der Waals surface area contributed by atoms with Crippen molar-refractivity contribution in [1.29, 1.82) is 0 Å². The Morgan fingerprint density at radius 1 is 1.48 bits per heavy atom. The number of hydrogen-bond acceptors (Lipinski definition) is 4. The minimum absolute atomic E-state index is 0.0621. The van der Waals surface area contributed by atoms with Crippen molar-refractivity contribution in [3.05, 3.63) is 47.6 Å². The summed E-state index contributed by atoms with van der Waals surface area (Å²) in [6.07, 6.45) is 12.5. The number of rotatable bonds is 7. The maximum absolute atomic E-state index is 13.3. The second kappa shape index (κ2) is 9.35. The zero-order chi connectivity index (χ0) is 18.2. The van der Waals surface area contributed by atoms with Crippen LogP contribution in [0.5, 0.6) is 0 Å². The van der Waals surface area contributed by atoms with Crippen LogP contribution in [0.2, 0.25) is 0 Å². The van der Waals surface area contributed by atoms with Gasteiger partial charge in [0.1, 0.15) is 11.6 Å². The summed E-state index contributed by atoms with van der Waals surface area (Å²) in [5, 5.41) is 3.28. The molecule has 0 aromatic carbocycles. The molecule has 5 heteroatoms. The molecule has 0 fully saturated rings. The first-order chi connectivity index (χ1) is 12.0. The summed E-state index contributed by atoms with van der Waals surface area (Å²) in [7, 11) is 0. The van der Waals surface area contributed by atoms with E-state index in [0.29, 0.717) is 18.6 Å². The molecule has 0 aromatic rings. The number of hydrogen-bond donors (Lipinski definition) is 1. The summed E-state index contributed by atoms with van der Waals surface area (Å²) in [5.74, 6) is 0.144. The van der Waals surface area contributed by atoms with Crippen LogP contribution in [-0.2, 0) is 9.53 Å². The van der Waals surface area contributed by atoms with Crippen molar-refractivity contribution >= 4 is 12.2 Å². The zero-order valence-corrected chi connectivity index (χ0v) is 15.2. The van der Waals surface area contributed by atoms with Crippen molar-refractivity contribution in [3.63, 3.8) is 0 Å². The van der Waals surface area contributed by atoms with Crippen LogP contribution < -0.4 is 5.32 Å². The van der Waals surface area contributed by atoms with Gasteiger partial charge in [-0.1, -0.05) is 19.1 Å². The van der Waals surface area contributed by atoms with E-state index in [1.54, 1.807) is 6.08 Å². The molecule has 0 saturated heterocycles.